The van der Waals surface area contributed by atoms with Crippen molar-refractivity contribution in [1.82, 2.24) is 14.9 Å². The lowest BCUT2D eigenvalue weighted by molar-refractivity contribution is -0.119. The van der Waals surface area contributed by atoms with Crippen LogP contribution >= 0.6 is 11.8 Å². The molecule has 2 aromatic rings. The summed E-state index contributed by atoms with van der Waals surface area (Å²) in [5.41, 5.74) is 0.675. The normalized spacial score (nSPS) is 12.2. The van der Waals surface area contributed by atoms with E-state index in [1.807, 2.05) is 17.9 Å². The van der Waals surface area contributed by atoms with Crippen molar-refractivity contribution in [1.29, 1.82) is 0 Å². The standard InChI is InChI=1S/C14H16FN3OS/c1-18-7-6-16-14(18)13(17-12(19)9-20-2)10-4-3-5-11(15)8-10/h3-8,13H,9H2,1-2H3,(H,17,19). The highest BCUT2D eigenvalue weighted by Crippen LogP contribution is 2.21. The Morgan fingerprint density at radius 2 is 2.35 bits per heavy atom. The first-order valence-electron chi connectivity index (χ1n) is 6.13. The number of halogens is 1. The van der Waals surface area contributed by atoms with Gasteiger partial charge in [0.2, 0.25) is 5.91 Å². The van der Waals surface area contributed by atoms with E-state index in [1.165, 1.54) is 23.9 Å². The highest BCUT2D eigenvalue weighted by molar-refractivity contribution is 7.99. The summed E-state index contributed by atoms with van der Waals surface area (Å²) in [7, 11) is 1.84. The second-order valence-corrected chi connectivity index (χ2v) is 5.25. The third kappa shape index (κ3) is 3.39. The monoisotopic (exact) mass is 293 g/mol. The van der Waals surface area contributed by atoms with Crippen molar-refractivity contribution in [3.8, 4) is 0 Å². The zero-order valence-electron chi connectivity index (χ0n) is 11.3. The fraction of sp³-hybridized carbons (Fsp3) is 0.286. The molecule has 0 aliphatic rings. The quantitative estimate of drug-likeness (QED) is 0.918. The summed E-state index contributed by atoms with van der Waals surface area (Å²) in [6.45, 7) is 0. The Kier molecular flexibility index (Phi) is 4.79. The molecule has 4 nitrogen and oxygen atoms in total. The van der Waals surface area contributed by atoms with Crippen molar-refractivity contribution in [3.05, 3.63) is 53.9 Å². The number of amides is 1. The van der Waals surface area contributed by atoms with E-state index in [4.69, 9.17) is 0 Å². The van der Waals surface area contributed by atoms with E-state index in [-0.39, 0.29) is 11.7 Å². The average molecular weight is 293 g/mol. The maximum atomic E-state index is 13.4. The van der Waals surface area contributed by atoms with Gasteiger partial charge in [-0.25, -0.2) is 9.37 Å². The van der Waals surface area contributed by atoms with Gasteiger partial charge in [0.05, 0.1) is 5.75 Å². The predicted octanol–water partition coefficient (Wildman–Crippen LogP) is 2.13. The molecule has 0 aliphatic heterocycles. The summed E-state index contributed by atoms with van der Waals surface area (Å²) in [4.78, 5) is 16.1. The molecule has 0 bridgehead atoms. The fourth-order valence-electron chi connectivity index (χ4n) is 1.97. The van der Waals surface area contributed by atoms with Crippen LogP contribution in [0.15, 0.2) is 36.7 Å². The van der Waals surface area contributed by atoms with Crippen LogP contribution in [0, 0.1) is 5.82 Å². The van der Waals surface area contributed by atoms with Crippen LogP contribution in [-0.2, 0) is 11.8 Å². The van der Waals surface area contributed by atoms with E-state index in [0.717, 1.165) is 0 Å². The maximum Gasteiger partial charge on any atom is 0.230 e. The van der Waals surface area contributed by atoms with Crippen LogP contribution in [0.1, 0.15) is 17.4 Å². The molecule has 1 atom stereocenters. The third-order valence-corrected chi connectivity index (χ3v) is 3.43. The Labute approximate surface area is 121 Å². The molecule has 1 heterocycles. The molecule has 1 aromatic carbocycles. The van der Waals surface area contributed by atoms with Crippen LogP contribution in [0.3, 0.4) is 0 Å². The second kappa shape index (κ2) is 6.56. The van der Waals surface area contributed by atoms with Crippen LogP contribution in [0.4, 0.5) is 4.39 Å². The molecule has 1 unspecified atom stereocenters. The van der Waals surface area contributed by atoms with Crippen LogP contribution in [-0.4, -0.2) is 27.5 Å². The first-order chi connectivity index (χ1) is 9.61. The maximum absolute atomic E-state index is 13.4. The van der Waals surface area contributed by atoms with Crippen molar-refractivity contribution in [2.45, 2.75) is 6.04 Å². The number of carbonyl (C=O) groups is 1. The van der Waals surface area contributed by atoms with Crippen LogP contribution in [0.2, 0.25) is 0 Å². The van der Waals surface area contributed by atoms with Gasteiger partial charge in [0.25, 0.3) is 0 Å². The highest BCUT2D eigenvalue weighted by Gasteiger charge is 2.20. The number of carbonyl (C=O) groups excluding carboxylic acids is 1. The Hall–Kier alpha value is -1.82. The number of nitrogens with zero attached hydrogens (tertiary/aromatic N) is 2. The number of aromatic nitrogens is 2. The van der Waals surface area contributed by atoms with Crippen LogP contribution in [0.25, 0.3) is 0 Å². The number of benzene rings is 1. The molecular weight excluding hydrogens is 277 g/mol. The van der Waals surface area contributed by atoms with Gasteiger partial charge in [0.15, 0.2) is 0 Å². The minimum Gasteiger partial charge on any atom is -0.341 e. The zero-order chi connectivity index (χ0) is 14.5. The second-order valence-electron chi connectivity index (χ2n) is 4.38. The van der Waals surface area contributed by atoms with E-state index < -0.39 is 6.04 Å². The van der Waals surface area contributed by atoms with Crippen molar-refractivity contribution in [3.63, 3.8) is 0 Å². The number of nitrogens with one attached hydrogen (secondary N) is 1. The zero-order valence-corrected chi connectivity index (χ0v) is 12.2. The van der Waals surface area contributed by atoms with E-state index in [2.05, 4.69) is 10.3 Å². The lowest BCUT2D eigenvalue weighted by Gasteiger charge is -2.19. The molecule has 2 rings (SSSR count). The van der Waals surface area contributed by atoms with Crippen molar-refractivity contribution >= 4 is 17.7 Å². The van der Waals surface area contributed by atoms with Gasteiger partial charge in [-0.2, -0.15) is 11.8 Å². The fourth-order valence-corrected chi connectivity index (χ4v) is 2.32. The number of rotatable bonds is 5. The third-order valence-electron chi connectivity index (χ3n) is 2.88. The first kappa shape index (κ1) is 14.6. The molecule has 0 spiro atoms. The first-order valence-corrected chi connectivity index (χ1v) is 7.52. The SMILES string of the molecule is CSCC(=O)NC(c1cccc(F)c1)c1nccn1C. The van der Waals surface area contributed by atoms with E-state index in [0.29, 0.717) is 17.1 Å². The Balaban J connectivity index is 2.34. The van der Waals surface area contributed by atoms with Crippen molar-refractivity contribution in [2.24, 2.45) is 7.05 Å². The number of aryl methyl sites for hydroxylation is 1. The number of thioether (sulfide) groups is 1. The van der Waals surface area contributed by atoms with Gasteiger partial charge in [-0.1, -0.05) is 12.1 Å². The molecule has 1 N–H and O–H groups in total. The number of imidazole rings is 1. The van der Waals surface area contributed by atoms with Gasteiger partial charge in [0, 0.05) is 19.4 Å². The van der Waals surface area contributed by atoms with Gasteiger partial charge < -0.3 is 9.88 Å². The summed E-state index contributed by atoms with van der Waals surface area (Å²) in [6.07, 6.45) is 5.31. The summed E-state index contributed by atoms with van der Waals surface area (Å²) in [5.74, 6) is 0.594. The molecule has 1 aromatic heterocycles. The van der Waals surface area contributed by atoms with Gasteiger partial charge in [-0.15, -0.1) is 0 Å². The van der Waals surface area contributed by atoms with E-state index in [9.17, 15) is 9.18 Å². The molecule has 6 heteroatoms. The smallest absolute Gasteiger partial charge is 0.230 e. The number of hydrogen-bond acceptors (Lipinski definition) is 3. The van der Waals surface area contributed by atoms with Gasteiger partial charge in [0.1, 0.15) is 17.7 Å². The Morgan fingerprint density at radius 3 is 2.95 bits per heavy atom. The van der Waals surface area contributed by atoms with E-state index in [1.54, 1.807) is 24.5 Å². The molecule has 0 aliphatic carbocycles. The molecule has 0 radical (unpaired) electrons. The lowest BCUT2D eigenvalue weighted by atomic mass is 10.1. The highest BCUT2D eigenvalue weighted by atomic mass is 32.2. The molecule has 106 valence electrons. The molecule has 0 saturated carbocycles. The van der Waals surface area contributed by atoms with Crippen molar-refractivity contribution < 1.29 is 9.18 Å². The summed E-state index contributed by atoms with van der Waals surface area (Å²) < 4.78 is 15.2. The molecule has 0 fully saturated rings. The molecule has 20 heavy (non-hydrogen) atoms. The summed E-state index contributed by atoms with van der Waals surface area (Å²) in [5, 5.41) is 2.89. The average Bonchev–Trinajstić information content (AvgIpc) is 2.82. The van der Waals surface area contributed by atoms with Gasteiger partial charge in [-0.05, 0) is 24.0 Å². The summed E-state index contributed by atoms with van der Waals surface area (Å²) in [6, 6.07) is 5.75. The van der Waals surface area contributed by atoms with Crippen LogP contribution < -0.4 is 5.32 Å². The molecular formula is C14H16FN3OS. The Morgan fingerprint density at radius 1 is 1.55 bits per heavy atom. The molecule has 0 saturated heterocycles. The Bertz CT molecular complexity index is 600. The topological polar surface area (TPSA) is 46.9 Å². The van der Waals surface area contributed by atoms with Crippen molar-refractivity contribution in [2.75, 3.05) is 12.0 Å². The minimum atomic E-state index is -0.453. The number of hydrogen-bond donors (Lipinski definition) is 1. The predicted molar refractivity (Wildman–Crippen MR) is 78.0 cm³/mol. The van der Waals surface area contributed by atoms with E-state index >= 15 is 0 Å². The lowest BCUT2D eigenvalue weighted by Crippen LogP contribution is -2.32. The molecule has 1 amide bonds. The minimum absolute atomic E-state index is 0.102. The van der Waals surface area contributed by atoms with Crippen LogP contribution in [0.5, 0.6) is 0 Å². The van der Waals surface area contributed by atoms with Gasteiger partial charge in [-0.3, -0.25) is 4.79 Å². The van der Waals surface area contributed by atoms with Gasteiger partial charge >= 0.3 is 0 Å². The largest absolute Gasteiger partial charge is 0.341 e. The summed E-state index contributed by atoms with van der Waals surface area (Å²) >= 11 is 1.44.